The van der Waals surface area contributed by atoms with Crippen LogP contribution in [0, 0.1) is 0 Å². The zero-order valence-electron chi connectivity index (χ0n) is 16.0. The summed E-state index contributed by atoms with van der Waals surface area (Å²) in [6.45, 7) is 0. The van der Waals surface area contributed by atoms with Crippen LogP contribution in [0.15, 0.2) is 78.2 Å². The molecule has 1 unspecified atom stereocenters. The van der Waals surface area contributed by atoms with E-state index in [2.05, 4.69) is 25.7 Å². The van der Waals surface area contributed by atoms with E-state index >= 15 is 0 Å². The minimum absolute atomic E-state index is 0.437. The van der Waals surface area contributed by atoms with E-state index in [0.717, 1.165) is 16.6 Å². The molecule has 2 heterocycles. The Morgan fingerprint density at radius 1 is 1.00 bits per heavy atom. The number of para-hydroxylation sites is 1. The molecule has 9 heteroatoms. The third-order valence-corrected chi connectivity index (χ3v) is 5.63. The molecule has 0 aliphatic heterocycles. The number of hydrogen-bond donors (Lipinski definition) is 2. The average Bonchev–Trinajstić information content (AvgIpc) is 3.23. The SMILES string of the molecule is CNC(=O)NC(=O)C(Sc1ncnc2c1cnn2-c1ccccc1)c1ccccc1. The molecule has 2 N–H and O–H groups in total. The van der Waals surface area contributed by atoms with E-state index in [0.29, 0.717) is 10.7 Å². The Labute approximate surface area is 176 Å². The first-order chi connectivity index (χ1) is 14.7. The van der Waals surface area contributed by atoms with Crippen molar-refractivity contribution < 1.29 is 9.59 Å². The molecule has 0 bridgehead atoms. The zero-order valence-corrected chi connectivity index (χ0v) is 16.8. The number of hydrogen-bond acceptors (Lipinski definition) is 6. The van der Waals surface area contributed by atoms with Gasteiger partial charge >= 0.3 is 6.03 Å². The molecule has 0 saturated heterocycles. The molecule has 2 aromatic heterocycles. The largest absolute Gasteiger partial charge is 0.341 e. The number of amides is 3. The van der Waals surface area contributed by atoms with E-state index in [1.165, 1.54) is 25.1 Å². The molecule has 3 amide bonds. The first-order valence-corrected chi connectivity index (χ1v) is 10.0. The van der Waals surface area contributed by atoms with Crippen LogP contribution in [0.4, 0.5) is 4.79 Å². The molecule has 1 atom stereocenters. The van der Waals surface area contributed by atoms with Crippen molar-refractivity contribution >= 4 is 34.7 Å². The number of nitrogens with one attached hydrogen (secondary N) is 2. The number of fused-ring (bicyclic) bond motifs is 1. The number of nitrogens with zero attached hydrogens (tertiary/aromatic N) is 4. The Bertz CT molecular complexity index is 1180. The highest BCUT2D eigenvalue weighted by atomic mass is 32.2. The van der Waals surface area contributed by atoms with Gasteiger partial charge in [0.25, 0.3) is 0 Å². The number of aromatic nitrogens is 4. The lowest BCUT2D eigenvalue weighted by atomic mass is 10.1. The summed E-state index contributed by atoms with van der Waals surface area (Å²) in [6.07, 6.45) is 3.13. The van der Waals surface area contributed by atoms with Gasteiger partial charge in [0.2, 0.25) is 5.91 Å². The van der Waals surface area contributed by atoms with Gasteiger partial charge in [-0.1, -0.05) is 60.3 Å². The van der Waals surface area contributed by atoms with Crippen LogP contribution < -0.4 is 10.6 Å². The fourth-order valence-corrected chi connectivity index (χ4v) is 3.99. The molecular formula is C21H18N6O2S. The van der Waals surface area contributed by atoms with Gasteiger partial charge in [0.1, 0.15) is 16.6 Å². The van der Waals surface area contributed by atoms with E-state index in [-0.39, 0.29) is 0 Å². The van der Waals surface area contributed by atoms with E-state index in [4.69, 9.17) is 0 Å². The Balaban J connectivity index is 1.72. The van der Waals surface area contributed by atoms with Crippen LogP contribution in [-0.2, 0) is 4.79 Å². The van der Waals surface area contributed by atoms with Crippen molar-refractivity contribution in [1.82, 2.24) is 30.4 Å². The fourth-order valence-electron chi connectivity index (χ4n) is 2.93. The smallest absolute Gasteiger partial charge is 0.321 e. The lowest BCUT2D eigenvalue weighted by molar-refractivity contribution is -0.119. The van der Waals surface area contributed by atoms with Crippen molar-refractivity contribution in [2.45, 2.75) is 10.3 Å². The molecule has 0 radical (unpaired) electrons. The van der Waals surface area contributed by atoms with Crippen LogP contribution >= 0.6 is 11.8 Å². The normalized spacial score (nSPS) is 11.8. The van der Waals surface area contributed by atoms with Crippen molar-refractivity contribution in [2.24, 2.45) is 0 Å². The van der Waals surface area contributed by atoms with Crippen LogP contribution in [0.5, 0.6) is 0 Å². The van der Waals surface area contributed by atoms with Crippen LogP contribution in [0.3, 0.4) is 0 Å². The highest BCUT2D eigenvalue weighted by Crippen LogP contribution is 2.37. The van der Waals surface area contributed by atoms with Gasteiger partial charge in [0, 0.05) is 7.05 Å². The number of carbonyl (C=O) groups excluding carboxylic acids is 2. The molecule has 8 nitrogen and oxygen atoms in total. The van der Waals surface area contributed by atoms with E-state index < -0.39 is 17.2 Å². The van der Waals surface area contributed by atoms with Gasteiger partial charge in [-0.05, 0) is 17.7 Å². The summed E-state index contributed by atoms with van der Waals surface area (Å²) in [5.41, 5.74) is 2.27. The quantitative estimate of drug-likeness (QED) is 0.381. The zero-order chi connectivity index (χ0) is 20.9. The van der Waals surface area contributed by atoms with E-state index in [1.54, 1.807) is 10.9 Å². The molecule has 4 aromatic rings. The summed E-state index contributed by atoms with van der Waals surface area (Å²) in [5, 5.41) is 9.84. The molecule has 30 heavy (non-hydrogen) atoms. The molecule has 0 aliphatic carbocycles. The fraction of sp³-hybridized carbons (Fsp3) is 0.0952. The van der Waals surface area contributed by atoms with Crippen molar-refractivity contribution in [2.75, 3.05) is 7.05 Å². The van der Waals surface area contributed by atoms with Gasteiger partial charge in [-0.15, -0.1) is 0 Å². The minimum atomic E-state index is -0.679. The van der Waals surface area contributed by atoms with E-state index in [1.807, 2.05) is 60.7 Å². The third kappa shape index (κ3) is 4.01. The van der Waals surface area contributed by atoms with Gasteiger partial charge in [-0.25, -0.2) is 19.4 Å². The summed E-state index contributed by atoms with van der Waals surface area (Å²) in [6, 6.07) is 18.3. The third-order valence-electron chi connectivity index (χ3n) is 4.36. The lowest BCUT2D eigenvalue weighted by Crippen LogP contribution is -2.39. The summed E-state index contributed by atoms with van der Waals surface area (Å²) in [7, 11) is 1.46. The van der Waals surface area contributed by atoms with Crippen LogP contribution in [0.1, 0.15) is 10.8 Å². The average molecular weight is 418 g/mol. The van der Waals surface area contributed by atoms with Gasteiger partial charge in [-0.2, -0.15) is 5.10 Å². The monoisotopic (exact) mass is 418 g/mol. The maximum atomic E-state index is 12.8. The molecule has 0 saturated carbocycles. The molecule has 0 fully saturated rings. The second kappa shape index (κ2) is 8.75. The minimum Gasteiger partial charge on any atom is -0.341 e. The Morgan fingerprint density at radius 3 is 2.40 bits per heavy atom. The lowest BCUT2D eigenvalue weighted by Gasteiger charge is -2.16. The summed E-state index contributed by atoms with van der Waals surface area (Å²) >= 11 is 1.24. The molecule has 0 spiro atoms. The summed E-state index contributed by atoms with van der Waals surface area (Å²) in [5.74, 6) is -0.437. The first-order valence-electron chi connectivity index (χ1n) is 9.15. The number of urea groups is 1. The van der Waals surface area contributed by atoms with Crippen LogP contribution in [0.25, 0.3) is 16.7 Å². The number of carbonyl (C=O) groups is 2. The summed E-state index contributed by atoms with van der Waals surface area (Å²) in [4.78, 5) is 33.3. The van der Waals surface area contributed by atoms with Crippen molar-refractivity contribution in [3.8, 4) is 5.69 Å². The first kappa shape index (κ1) is 19.6. The highest BCUT2D eigenvalue weighted by Gasteiger charge is 2.25. The van der Waals surface area contributed by atoms with Crippen molar-refractivity contribution in [3.05, 3.63) is 78.8 Å². The standard InChI is InChI=1S/C21H18N6O2S/c1-22-21(29)26-19(28)17(14-8-4-2-5-9-14)30-20-16-12-25-27(18(16)23-13-24-20)15-10-6-3-7-11-15/h2-13,17H,1H3,(H2,22,26,28,29). The maximum absolute atomic E-state index is 12.8. The Kier molecular flexibility index (Phi) is 5.71. The predicted molar refractivity (Wildman–Crippen MR) is 114 cm³/mol. The molecule has 150 valence electrons. The van der Waals surface area contributed by atoms with E-state index in [9.17, 15) is 9.59 Å². The number of imide groups is 1. The van der Waals surface area contributed by atoms with Crippen LogP contribution in [-0.4, -0.2) is 38.7 Å². The predicted octanol–water partition coefficient (Wildman–Crippen LogP) is 3.10. The van der Waals surface area contributed by atoms with Gasteiger partial charge in [0.05, 0.1) is 17.3 Å². The number of thioether (sulfide) groups is 1. The number of rotatable bonds is 5. The molecular weight excluding hydrogens is 400 g/mol. The van der Waals surface area contributed by atoms with Crippen LogP contribution in [0.2, 0.25) is 0 Å². The molecule has 2 aromatic carbocycles. The van der Waals surface area contributed by atoms with Gasteiger partial charge in [0.15, 0.2) is 5.65 Å². The van der Waals surface area contributed by atoms with Gasteiger partial charge in [-0.3, -0.25) is 10.1 Å². The topological polar surface area (TPSA) is 102 Å². The summed E-state index contributed by atoms with van der Waals surface area (Å²) < 4.78 is 1.73. The maximum Gasteiger partial charge on any atom is 0.321 e. The second-order valence-corrected chi connectivity index (χ2v) is 7.38. The second-order valence-electron chi connectivity index (χ2n) is 6.28. The Hall–Kier alpha value is -3.72. The Morgan fingerprint density at radius 2 is 1.70 bits per heavy atom. The molecule has 4 rings (SSSR count). The van der Waals surface area contributed by atoms with Crippen molar-refractivity contribution in [3.63, 3.8) is 0 Å². The highest BCUT2D eigenvalue weighted by molar-refractivity contribution is 8.00. The number of benzene rings is 2. The molecule has 0 aliphatic rings. The van der Waals surface area contributed by atoms with Gasteiger partial charge < -0.3 is 5.32 Å². The van der Waals surface area contributed by atoms with Crippen molar-refractivity contribution in [1.29, 1.82) is 0 Å².